The molecule has 2 aromatic rings. The topological polar surface area (TPSA) is 64.1 Å². The Morgan fingerprint density at radius 2 is 1.80 bits per heavy atom. The zero-order chi connectivity index (χ0) is 14.7. The molecular formula is C12H8F3N3O2. The third-order valence-electron chi connectivity index (χ3n) is 2.32. The van der Waals surface area contributed by atoms with Crippen LogP contribution in [-0.2, 0) is 4.74 Å². The zero-order valence-electron chi connectivity index (χ0n) is 10.2. The number of carbonyl (C=O) groups excluding carboxylic acids is 1. The first-order chi connectivity index (χ1) is 9.51. The Morgan fingerprint density at radius 1 is 1.10 bits per heavy atom. The smallest absolute Gasteiger partial charge is 0.358 e. The summed E-state index contributed by atoms with van der Waals surface area (Å²) in [6.45, 7) is 0. The predicted molar refractivity (Wildman–Crippen MR) is 63.0 cm³/mol. The molecule has 20 heavy (non-hydrogen) atoms. The largest absolute Gasteiger partial charge is 0.464 e. The van der Waals surface area contributed by atoms with Crippen molar-refractivity contribution in [1.29, 1.82) is 0 Å². The summed E-state index contributed by atoms with van der Waals surface area (Å²) >= 11 is 0. The summed E-state index contributed by atoms with van der Waals surface area (Å²) < 4.78 is 43.6. The van der Waals surface area contributed by atoms with Crippen molar-refractivity contribution in [3.63, 3.8) is 0 Å². The third-order valence-corrected chi connectivity index (χ3v) is 2.32. The molecule has 0 atom stereocenters. The molecule has 0 unspecified atom stereocenters. The molecule has 0 radical (unpaired) electrons. The van der Waals surface area contributed by atoms with E-state index in [4.69, 9.17) is 0 Å². The van der Waals surface area contributed by atoms with Gasteiger partial charge in [0.15, 0.2) is 17.3 Å². The van der Waals surface area contributed by atoms with Crippen molar-refractivity contribution in [2.75, 3.05) is 12.4 Å². The second kappa shape index (κ2) is 5.55. The van der Waals surface area contributed by atoms with E-state index in [-0.39, 0.29) is 17.2 Å². The highest BCUT2D eigenvalue weighted by molar-refractivity contribution is 5.86. The third kappa shape index (κ3) is 2.85. The molecule has 0 saturated carbocycles. The van der Waals surface area contributed by atoms with Crippen LogP contribution in [0.25, 0.3) is 0 Å². The van der Waals surface area contributed by atoms with E-state index in [9.17, 15) is 18.0 Å². The van der Waals surface area contributed by atoms with Crippen molar-refractivity contribution < 1.29 is 22.7 Å². The van der Waals surface area contributed by atoms with Crippen molar-refractivity contribution in [2.24, 2.45) is 0 Å². The fourth-order valence-corrected chi connectivity index (χ4v) is 1.36. The highest BCUT2D eigenvalue weighted by Gasteiger charge is 2.11. The molecular weight excluding hydrogens is 275 g/mol. The van der Waals surface area contributed by atoms with E-state index in [1.807, 2.05) is 0 Å². The van der Waals surface area contributed by atoms with E-state index in [0.29, 0.717) is 12.1 Å². The van der Waals surface area contributed by atoms with E-state index in [0.717, 1.165) is 12.4 Å². The lowest BCUT2D eigenvalue weighted by molar-refractivity contribution is 0.0593. The standard InChI is InChI=1S/C12H8F3N3O2/c1-20-12(19)10-4-17-11(5-16-10)18-9-3-7(14)6(13)2-8(9)15/h2-5H,1H3,(H,17,18). The van der Waals surface area contributed by atoms with Gasteiger partial charge in [-0.15, -0.1) is 0 Å². The minimum atomic E-state index is -1.29. The summed E-state index contributed by atoms with van der Waals surface area (Å²) in [5, 5.41) is 2.42. The van der Waals surface area contributed by atoms with Crippen molar-refractivity contribution in [3.8, 4) is 0 Å². The number of hydrogen-bond donors (Lipinski definition) is 1. The number of ether oxygens (including phenoxy) is 1. The Bertz CT molecular complexity index is 647. The van der Waals surface area contributed by atoms with E-state index >= 15 is 0 Å². The Labute approximate surface area is 111 Å². The van der Waals surface area contributed by atoms with Crippen LogP contribution in [0.15, 0.2) is 24.5 Å². The van der Waals surface area contributed by atoms with Gasteiger partial charge in [-0.05, 0) is 0 Å². The maximum atomic E-state index is 13.4. The molecule has 8 heteroatoms. The van der Waals surface area contributed by atoms with Gasteiger partial charge in [-0.1, -0.05) is 0 Å². The number of nitrogens with one attached hydrogen (secondary N) is 1. The quantitative estimate of drug-likeness (QED) is 0.692. The number of anilines is 2. The van der Waals surface area contributed by atoms with E-state index < -0.39 is 23.4 Å². The number of esters is 1. The molecule has 2 rings (SSSR count). The first-order valence-electron chi connectivity index (χ1n) is 5.33. The van der Waals surface area contributed by atoms with Gasteiger partial charge in [-0.2, -0.15) is 0 Å². The second-order valence-corrected chi connectivity index (χ2v) is 3.65. The number of carbonyl (C=O) groups is 1. The van der Waals surface area contributed by atoms with Crippen LogP contribution >= 0.6 is 0 Å². The number of hydrogen-bond acceptors (Lipinski definition) is 5. The van der Waals surface area contributed by atoms with Gasteiger partial charge in [0.2, 0.25) is 0 Å². The number of halogens is 3. The normalized spacial score (nSPS) is 10.2. The first kappa shape index (κ1) is 13.8. The molecule has 0 aliphatic heterocycles. The summed E-state index contributed by atoms with van der Waals surface area (Å²) in [5.74, 6) is -4.10. The van der Waals surface area contributed by atoms with Crippen LogP contribution in [0.1, 0.15) is 10.5 Å². The zero-order valence-corrected chi connectivity index (χ0v) is 10.2. The molecule has 0 spiro atoms. The van der Waals surface area contributed by atoms with Gasteiger partial charge in [-0.25, -0.2) is 27.9 Å². The van der Waals surface area contributed by atoms with Crippen LogP contribution in [0.4, 0.5) is 24.7 Å². The number of benzene rings is 1. The summed E-state index contributed by atoms with van der Waals surface area (Å²) in [5.41, 5.74) is -0.340. The van der Waals surface area contributed by atoms with Gasteiger partial charge in [-0.3, -0.25) is 0 Å². The van der Waals surface area contributed by atoms with Crippen LogP contribution in [-0.4, -0.2) is 23.0 Å². The van der Waals surface area contributed by atoms with Gasteiger partial charge in [0.05, 0.1) is 25.2 Å². The lowest BCUT2D eigenvalue weighted by Crippen LogP contribution is -2.06. The van der Waals surface area contributed by atoms with Crippen molar-refractivity contribution in [3.05, 3.63) is 47.7 Å². The summed E-state index contributed by atoms with van der Waals surface area (Å²) in [6, 6.07) is 1.06. The van der Waals surface area contributed by atoms with Crippen LogP contribution < -0.4 is 5.32 Å². The molecule has 0 fully saturated rings. The Hall–Kier alpha value is -2.64. The average Bonchev–Trinajstić information content (AvgIpc) is 2.44. The minimum Gasteiger partial charge on any atom is -0.464 e. The number of aromatic nitrogens is 2. The number of methoxy groups -OCH3 is 1. The molecule has 0 amide bonds. The van der Waals surface area contributed by atoms with Gasteiger partial charge >= 0.3 is 5.97 Å². The van der Waals surface area contributed by atoms with Crippen molar-refractivity contribution >= 4 is 17.5 Å². The number of rotatable bonds is 3. The molecule has 0 saturated heterocycles. The Morgan fingerprint density at radius 3 is 2.40 bits per heavy atom. The molecule has 1 N–H and O–H groups in total. The fourth-order valence-electron chi connectivity index (χ4n) is 1.36. The SMILES string of the molecule is COC(=O)c1cnc(Nc2cc(F)c(F)cc2F)cn1. The molecule has 1 heterocycles. The molecule has 1 aromatic heterocycles. The highest BCUT2D eigenvalue weighted by Crippen LogP contribution is 2.21. The molecule has 5 nitrogen and oxygen atoms in total. The maximum Gasteiger partial charge on any atom is 0.358 e. The van der Waals surface area contributed by atoms with Gasteiger partial charge in [0.1, 0.15) is 11.6 Å². The molecule has 0 aliphatic rings. The van der Waals surface area contributed by atoms with E-state index in [1.165, 1.54) is 7.11 Å². The van der Waals surface area contributed by atoms with Crippen molar-refractivity contribution in [2.45, 2.75) is 0 Å². The lowest BCUT2D eigenvalue weighted by atomic mass is 10.3. The van der Waals surface area contributed by atoms with Crippen LogP contribution in [0.5, 0.6) is 0 Å². The van der Waals surface area contributed by atoms with Gasteiger partial charge in [0, 0.05) is 12.1 Å². The molecule has 0 aliphatic carbocycles. The molecule has 0 bridgehead atoms. The average molecular weight is 283 g/mol. The summed E-state index contributed by atoms with van der Waals surface area (Å²) in [4.78, 5) is 18.6. The van der Waals surface area contributed by atoms with E-state index in [2.05, 4.69) is 20.0 Å². The Balaban J connectivity index is 2.22. The monoisotopic (exact) mass is 283 g/mol. The summed E-state index contributed by atoms with van der Waals surface area (Å²) in [7, 11) is 1.19. The van der Waals surface area contributed by atoms with Gasteiger partial charge in [0.25, 0.3) is 0 Å². The lowest BCUT2D eigenvalue weighted by Gasteiger charge is -2.07. The van der Waals surface area contributed by atoms with Gasteiger partial charge < -0.3 is 10.1 Å². The maximum absolute atomic E-state index is 13.4. The fraction of sp³-hybridized carbons (Fsp3) is 0.0833. The van der Waals surface area contributed by atoms with E-state index in [1.54, 1.807) is 0 Å². The Kier molecular flexibility index (Phi) is 3.83. The van der Waals surface area contributed by atoms with Crippen LogP contribution in [0, 0.1) is 17.5 Å². The molecule has 1 aromatic carbocycles. The van der Waals surface area contributed by atoms with Crippen molar-refractivity contribution in [1.82, 2.24) is 9.97 Å². The second-order valence-electron chi connectivity index (χ2n) is 3.65. The van der Waals surface area contributed by atoms with Crippen LogP contribution in [0.2, 0.25) is 0 Å². The number of nitrogens with zero attached hydrogens (tertiary/aromatic N) is 2. The minimum absolute atomic E-state index is 0.0381. The molecule has 104 valence electrons. The first-order valence-corrected chi connectivity index (χ1v) is 5.33. The highest BCUT2D eigenvalue weighted by atomic mass is 19.2. The van der Waals surface area contributed by atoms with Crippen LogP contribution in [0.3, 0.4) is 0 Å². The predicted octanol–water partition coefficient (Wildman–Crippen LogP) is 2.42. The summed E-state index contributed by atoms with van der Waals surface area (Å²) in [6.07, 6.45) is 2.24.